The highest BCUT2D eigenvalue weighted by atomic mass is 35.5. The molecule has 1 unspecified atom stereocenters. The van der Waals surface area contributed by atoms with Crippen LogP contribution in [0.4, 0.5) is 0 Å². The van der Waals surface area contributed by atoms with Gasteiger partial charge in [0.1, 0.15) is 13.2 Å². The van der Waals surface area contributed by atoms with Gasteiger partial charge in [0.15, 0.2) is 11.5 Å². The number of carbonyl (C=O) groups excluding carboxylic acids is 1. The lowest BCUT2D eigenvalue weighted by molar-refractivity contribution is -0.125. The predicted molar refractivity (Wildman–Crippen MR) is 90.1 cm³/mol. The Labute approximate surface area is 141 Å². The highest BCUT2D eigenvalue weighted by Gasteiger charge is 2.24. The predicted octanol–water partition coefficient (Wildman–Crippen LogP) is 2.19. The molecule has 1 saturated heterocycles. The van der Waals surface area contributed by atoms with Crippen LogP contribution in [0.2, 0.25) is 5.02 Å². The van der Waals surface area contributed by atoms with Crippen molar-refractivity contribution in [2.75, 3.05) is 39.9 Å². The SMILES string of the molecule is CNCC1CCN(C(=O)C=Cc2cc(Cl)c3c(c2)OCCO3)C1. The summed E-state index contributed by atoms with van der Waals surface area (Å²) in [5.74, 6) is 1.79. The number of amides is 1. The van der Waals surface area contributed by atoms with E-state index in [4.69, 9.17) is 21.1 Å². The van der Waals surface area contributed by atoms with Crippen molar-refractivity contribution in [2.45, 2.75) is 6.42 Å². The van der Waals surface area contributed by atoms with Crippen molar-refractivity contribution in [3.05, 3.63) is 28.8 Å². The molecule has 2 aliphatic heterocycles. The highest BCUT2D eigenvalue weighted by molar-refractivity contribution is 6.32. The van der Waals surface area contributed by atoms with Crippen molar-refractivity contribution in [1.29, 1.82) is 0 Å². The van der Waals surface area contributed by atoms with Crippen molar-refractivity contribution in [3.63, 3.8) is 0 Å². The summed E-state index contributed by atoms with van der Waals surface area (Å²) in [6, 6.07) is 3.63. The Balaban J connectivity index is 1.66. The van der Waals surface area contributed by atoms with Gasteiger partial charge in [-0.05, 0) is 49.7 Å². The van der Waals surface area contributed by atoms with Gasteiger partial charge >= 0.3 is 0 Å². The zero-order valence-corrected chi connectivity index (χ0v) is 13.9. The van der Waals surface area contributed by atoms with Crippen LogP contribution < -0.4 is 14.8 Å². The Kier molecular flexibility index (Phi) is 5.08. The van der Waals surface area contributed by atoms with E-state index in [2.05, 4.69) is 5.32 Å². The van der Waals surface area contributed by atoms with E-state index in [-0.39, 0.29) is 5.91 Å². The number of carbonyl (C=O) groups is 1. The van der Waals surface area contributed by atoms with Gasteiger partial charge in [0, 0.05) is 19.2 Å². The molecule has 5 nitrogen and oxygen atoms in total. The van der Waals surface area contributed by atoms with Crippen LogP contribution in [0.3, 0.4) is 0 Å². The molecular weight excluding hydrogens is 316 g/mol. The first-order chi connectivity index (χ1) is 11.2. The molecule has 124 valence electrons. The van der Waals surface area contributed by atoms with Crippen LogP contribution in [0.25, 0.3) is 6.08 Å². The molecule has 2 heterocycles. The highest BCUT2D eigenvalue weighted by Crippen LogP contribution is 2.38. The monoisotopic (exact) mass is 336 g/mol. The van der Waals surface area contributed by atoms with Gasteiger partial charge in [-0.15, -0.1) is 0 Å². The third kappa shape index (κ3) is 3.79. The molecule has 1 fully saturated rings. The van der Waals surface area contributed by atoms with Gasteiger partial charge in [-0.3, -0.25) is 4.79 Å². The Morgan fingerprint density at radius 3 is 3.09 bits per heavy atom. The summed E-state index contributed by atoms with van der Waals surface area (Å²) in [4.78, 5) is 14.2. The van der Waals surface area contributed by atoms with E-state index in [9.17, 15) is 4.79 Å². The summed E-state index contributed by atoms with van der Waals surface area (Å²) in [5, 5.41) is 3.67. The standard InChI is InChI=1S/C17H21ClN2O3/c1-19-10-13-4-5-20(11-13)16(21)3-2-12-8-14(18)17-15(9-12)22-6-7-23-17/h2-3,8-9,13,19H,4-7,10-11H2,1H3. The van der Waals surface area contributed by atoms with Crippen molar-refractivity contribution >= 4 is 23.6 Å². The number of nitrogens with one attached hydrogen (secondary N) is 1. The van der Waals surface area contributed by atoms with E-state index < -0.39 is 0 Å². The van der Waals surface area contributed by atoms with Crippen LogP contribution in [0.1, 0.15) is 12.0 Å². The first kappa shape index (κ1) is 16.1. The van der Waals surface area contributed by atoms with Crippen molar-refractivity contribution in [2.24, 2.45) is 5.92 Å². The molecule has 0 saturated carbocycles. The van der Waals surface area contributed by atoms with Crippen molar-refractivity contribution in [1.82, 2.24) is 10.2 Å². The Morgan fingerprint density at radius 1 is 1.43 bits per heavy atom. The molecule has 1 N–H and O–H groups in total. The Morgan fingerprint density at radius 2 is 2.26 bits per heavy atom. The minimum Gasteiger partial charge on any atom is -0.486 e. The van der Waals surface area contributed by atoms with E-state index >= 15 is 0 Å². The molecule has 0 aromatic heterocycles. The molecule has 1 aromatic carbocycles. The number of rotatable bonds is 4. The quantitative estimate of drug-likeness (QED) is 0.856. The van der Waals surface area contributed by atoms with Gasteiger partial charge in [-0.1, -0.05) is 11.6 Å². The molecule has 1 atom stereocenters. The maximum Gasteiger partial charge on any atom is 0.246 e. The van der Waals surface area contributed by atoms with Crippen LogP contribution in [-0.4, -0.2) is 50.7 Å². The molecular formula is C17H21ClN2O3. The van der Waals surface area contributed by atoms with Crippen LogP contribution in [0.15, 0.2) is 18.2 Å². The van der Waals surface area contributed by atoms with Gasteiger partial charge in [0.25, 0.3) is 0 Å². The second kappa shape index (κ2) is 7.23. The van der Waals surface area contributed by atoms with Crippen molar-refractivity contribution in [3.8, 4) is 11.5 Å². The van der Waals surface area contributed by atoms with Crippen LogP contribution >= 0.6 is 11.6 Å². The maximum absolute atomic E-state index is 12.3. The lowest BCUT2D eigenvalue weighted by Gasteiger charge is -2.19. The van der Waals surface area contributed by atoms with E-state index in [1.54, 1.807) is 18.2 Å². The van der Waals surface area contributed by atoms with Crippen LogP contribution in [0, 0.1) is 5.92 Å². The molecule has 23 heavy (non-hydrogen) atoms. The fourth-order valence-electron chi connectivity index (χ4n) is 2.99. The number of halogens is 1. The first-order valence-corrected chi connectivity index (χ1v) is 8.26. The topological polar surface area (TPSA) is 50.8 Å². The fourth-order valence-corrected chi connectivity index (χ4v) is 3.26. The van der Waals surface area contributed by atoms with Gasteiger partial charge in [-0.2, -0.15) is 0 Å². The molecule has 6 heteroatoms. The second-order valence-corrected chi connectivity index (χ2v) is 6.26. The minimum absolute atomic E-state index is 0.0367. The summed E-state index contributed by atoms with van der Waals surface area (Å²) in [5.41, 5.74) is 0.832. The number of nitrogens with zero attached hydrogens (tertiary/aromatic N) is 1. The largest absolute Gasteiger partial charge is 0.486 e. The van der Waals surface area contributed by atoms with Crippen LogP contribution in [-0.2, 0) is 4.79 Å². The van der Waals surface area contributed by atoms with Crippen LogP contribution in [0.5, 0.6) is 11.5 Å². The van der Waals surface area contributed by atoms with E-state index in [1.807, 2.05) is 18.0 Å². The lowest BCUT2D eigenvalue weighted by atomic mass is 10.1. The molecule has 0 aliphatic carbocycles. The molecule has 1 aromatic rings. The third-order valence-electron chi connectivity index (χ3n) is 4.13. The number of benzene rings is 1. The number of hydrogen-bond acceptors (Lipinski definition) is 4. The zero-order chi connectivity index (χ0) is 16.2. The zero-order valence-electron chi connectivity index (χ0n) is 13.2. The normalized spacial score (nSPS) is 20.3. The molecule has 0 spiro atoms. The summed E-state index contributed by atoms with van der Waals surface area (Å²) in [6.45, 7) is 3.59. The van der Waals surface area contributed by atoms with E-state index in [1.165, 1.54) is 0 Å². The number of hydrogen-bond donors (Lipinski definition) is 1. The fraction of sp³-hybridized carbons (Fsp3) is 0.471. The number of ether oxygens (including phenoxy) is 2. The summed E-state index contributed by atoms with van der Waals surface area (Å²) in [7, 11) is 1.94. The molecule has 0 bridgehead atoms. The van der Waals surface area contributed by atoms with Gasteiger partial charge in [0.05, 0.1) is 5.02 Å². The number of likely N-dealkylation sites (tertiary alicyclic amines) is 1. The minimum atomic E-state index is 0.0367. The average Bonchev–Trinajstić information content (AvgIpc) is 3.02. The third-order valence-corrected chi connectivity index (χ3v) is 4.41. The van der Waals surface area contributed by atoms with Gasteiger partial charge in [0.2, 0.25) is 5.91 Å². The summed E-state index contributed by atoms with van der Waals surface area (Å²) >= 11 is 6.20. The summed E-state index contributed by atoms with van der Waals surface area (Å²) in [6.07, 6.45) is 4.43. The average molecular weight is 337 g/mol. The van der Waals surface area contributed by atoms with Gasteiger partial charge < -0.3 is 19.7 Å². The van der Waals surface area contributed by atoms with Crippen molar-refractivity contribution < 1.29 is 14.3 Å². The summed E-state index contributed by atoms with van der Waals surface area (Å²) < 4.78 is 11.0. The molecule has 3 rings (SSSR count). The first-order valence-electron chi connectivity index (χ1n) is 7.88. The second-order valence-electron chi connectivity index (χ2n) is 5.86. The Hall–Kier alpha value is -1.72. The molecule has 2 aliphatic rings. The lowest BCUT2D eigenvalue weighted by Crippen LogP contribution is -2.28. The van der Waals surface area contributed by atoms with E-state index in [0.717, 1.165) is 31.6 Å². The molecule has 0 radical (unpaired) electrons. The smallest absolute Gasteiger partial charge is 0.246 e. The Bertz CT molecular complexity index is 618. The maximum atomic E-state index is 12.3. The van der Waals surface area contributed by atoms with E-state index in [0.29, 0.717) is 35.7 Å². The molecule has 1 amide bonds. The number of fused-ring (bicyclic) bond motifs is 1. The van der Waals surface area contributed by atoms with Gasteiger partial charge in [-0.25, -0.2) is 0 Å².